The number of hydrogen-bond acceptors (Lipinski definition) is 6. The third-order valence-corrected chi connectivity index (χ3v) is 6.57. The fourth-order valence-electron chi connectivity index (χ4n) is 3.77. The second kappa shape index (κ2) is 9.44. The lowest BCUT2D eigenvalue weighted by Crippen LogP contribution is -2.16. The van der Waals surface area contributed by atoms with E-state index in [9.17, 15) is 14.4 Å². The summed E-state index contributed by atoms with van der Waals surface area (Å²) in [5.41, 5.74) is 9.66. The first kappa shape index (κ1) is 23.1. The van der Waals surface area contributed by atoms with Crippen molar-refractivity contribution in [2.45, 2.75) is 20.8 Å². The summed E-state index contributed by atoms with van der Waals surface area (Å²) in [6.45, 7) is 5.44. The van der Waals surface area contributed by atoms with E-state index in [1.54, 1.807) is 19.9 Å². The quantitative estimate of drug-likeness (QED) is 0.378. The number of fused-ring (bicyclic) bond motifs is 1. The summed E-state index contributed by atoms with van der Waals surface area (Å²) in [4.78, 5) is 42.9. The number of primary amides is 1. The monoisotopic (exact) mass is 473 g/mol. The molecule has 0 saturated heterocycles. The third kappa shape index (κ3) is 4.40. The van der Waals surface area contributed by atoms with Crippen LogP contribution < -0.4 is 11.1 Å². The molecule has 4 rings (SSSR count). The number of benzene rings is 2. The van der Waals surface area contributed by atoms with Crippen molar-refractivity contribution in [1.82, 2.24) is 4.98 Å². The van der Waals surface area contributed by atoms with Gasteiger partial charge in [0.25, 0.3) is 11.8 Å². The average molecular weight is 474 g/mol. The van der Waals surface area contributed by atoms with E-state index in [1.165, 1.54) is 0 Å². The Kier molecular flexibility index (Phi) is 6.43. The second-order valence-electron chi connectivity index (χ2n) is 7.74. The summed E-state index contributed by atoms with van der Waals surface area (Å²) in [5, 5.41) is 3.69. The molecule has 172 valence electrons. The van der Waals surface area contributed by atoms with Crippen molar-refractivity contribution in [2.24, 2.45) is 5.73 Å². The van der Waals surface area contributed by atoms with Gasteiger partial charge in [-0.05, 0) is 44.5 Å². The van der Waals surface area contributed by atoms with Crippen LogP contribution in [0.1, 0.15) is 48.4 Å². The van der Waals surface area contributed by atoms with E-state index in [1.807, 2.05) is 55.5 Å². The number of aromatic nitrogens is 1. The van der Waals surface area contributed by atoms with Crippen molar-refractivity contribution in [3.05, 3.63) is 81.7 Å². The van der Waals surface area contributed by atoms with Gasteiger partial charge in [0.2, 0.25) is 0 Å². The number of thiophene rings is 1. The molecule has 8 heteroatoms. The molecule has 2 heterocycles. The zero-order chi connectivity index (χ0) is 24.4. The van der Waals surface area contributed by atoms with E-state index in [0.717, 1.165) is 22.5 Å². The molecule has 0 radical (unpaired) electrons. The first-order valence-corrected chi connectivity index (χ1v) is 11.5. The first-order valence-electron chi connectivity index (χ1n) is 10.7. The number of ether oxygens (including phenoxy) is 1. The van der Waals surface area contributed by atoms with Crippen LogP contribution in [-0.4, -0.2) is 29.4 Å². The molecule has 0 aliphatic heterocycles. The van der Waals surface area contributed by atoms with Gasteiger partial charge in [0.1, 0.15) is 5.00 Å². The number of hydrogen-bond donors (Lipinski definition) is 2. The van der Waals surface area contributed by atoms with Gasteiger partial charge in [-0.15, -0.1) is 11.3 Å². The van der Waals surface area contributed by atoms with Crippen molar-refractivity contribution >= 4 is 45.0 Å². The number of carbonyl (C=O) groups is 3. The van der Waals surface area contributed by atoms with Crippen LogP contribution in [-0.2, 0) is 4.74 Å². The fraction of sp³-hybridized carbons (Fsp3) is 0.154. The highest BCUT2D eigenvalue weighted by molar-refractivity contribution is 7.18. The van der Waals surface area contributed by atoms with Crippen molar-refractivity contribution in [1.29, 1.82) is 0 Å². The molecule has 4 aromatic rings. The van der Waals surface area contributed by atoms with Crippen molar-refractivity contribution in [2.75, 3.05) is 11.9 Å². The van der Waals surface area contributed by atoms with Crippen molar-refractivity contribution in [3.63, 3.8) is 0 Å². The molecule has 0 spiro atoms. The Morgan fingerprint density at radius 1 is 1.06 bits per heavy atom. The van der Waals surface area contributed by atoms with Crippen LogP contribution in [0.15, 0.2) is 54.6 Å². The first-order chi connectivity index (χ1) is 16.3. The summed E-state index contributed by atoms with van der Waals surface area (Å²) in [7, 11) is 0. The molecular weight excluding hydrogens is 450 g/mol. The summed E-state index contributed by atoms with van der Waals surface area (Å²) < 4.78 is 5.14. The Bertz CT molecular complexity index is 1440. The highest BCUT2D eigenvalue weighted by atomic mass is 32.1. The molecule has 0 bridgehead atoms. The van der Waals surface area contributed by atoms with E-state index in [-0.39, 0.29) is 22.0 Å². The molecule has 2 amide bonds. The van der Waals surface area contributed by atoms with E-state index >= 15 is 0 Å². The number of para-hydroxylation sites is 1. The van der Waals surface area contributed by atoms with Crippen LogP contribution >= 0.6 is 11.3 Å². The number of carbonyl (C=O) groups excluding carboxylic acids is 3. The number of aryl methyl sites for hydroxylation is 1. The zero-order valence-corrected chi connectivity index (χ0v) is 19.8. The smallest absolute Gasteiger partial charge is 0.341 e. The van der Waals surface area contributed by atoms with Crippen molar-refractivity contribution in [3.8, 4) is 11.3 Å². The van der Waals surface area contributed by atoms with Gasteiger partial charge in [0, 0.05) is 10.9 Å². The standard InChI is InChI=1S/C26H23N3O4S/c1-4-33-26(32)21-15(3)22(23(27)30)34-25(21)29-24(31)18-13-20(16-9-7-8-14(2)12-16)28-19-11-6-5-10-17(18)19/h5-13H,4H2,1-3H3,(H2,27,30)(H,29,31). The predicted octanol–water partition coefficient (Wildman–Crippen LogP) is 5.11. The average Bonchev–Trinajstić information content (AvgIpc) is 3.14. The number of nitrogens with one attached hydrogen (secondary N) is 1. The van der Waals surface area contributed by atoms with Gasteiger partial charge in [0.05, 0.1) is 33.8 Å². The summed E-state index contributed by atoms with van der Waals surface area (Å²) in [6.07, 6.45) is 0. The zero-order valence-electron chi connectivity index (χ0n) is 19.0. The number of esters is 1. The number of nitrogens with zero attached hydrogens (tertiary/aromatic N) is 1. The minimum atomic E-state index is -0.676. The Balaban J connectivity index is 1.82. The normalized spacial score (nSPS) is 10.8. The van der Waals surface area contributed by atoms with Gasteiger partial charge in [0.15, 0.2) is 0 Å². The Morgan fingerprint density at radius 3 is 2.53 bits per heavy atom. The van der Waals surface area contributed by atoms with Gasteiger partial charge in [-0.3, -0.25) is 9.59 Å². The van der Waals surface area contributed by atoms with Crippen molar-refractivity contribution < 1.29 is 19.1 Å². The van der Waals surface area contributed by atoms with Gasteiger partial charge < -0.3 is 15.8 Å². The van der Waals surface area contributed by atoms with Crippen LogP contribution in [0, 0.1) is 13.8 Å². The Hall–Kier alpha value is -4.04. The maximum Gasteiger partial charge on any atom is 0.341 e. The Labute approximate surface area is 200 Å². The molecule has 0 aliphatic carbocycles. The molecule has 0 saturated carbocycles. The van der Waals surface area contributed by atoms with Crippen LogP contribution in [0.4, 0.5) is 5.00 Å². The van der Waals surface area contributed by atoms with Crippen LogP contribution in [0.25, 0.3) is 22.2 Å². The lowest BCUT2D eigenvalue weighted by Gasteiger charge is -2.11. The molecule has 0 unspecified atom stereocenters. The topological polar surface area (TPSA) is 111 Å². The van der Waals surface area contributed by atoms with Gasteiger partial charge in [-0.1, -0.05) is 42.0 Å². The summed E-state index contributed by atoms with van der Waals surface area (Å²) >= 11 is 0.956. The SMILES string of the molecule is CCOC(=O)c1c(NC(=O)c2cc(-c3cccc(C)c3)nc3ccccc23)sc(C(N)=O)c1C. The molecular formula is C26H23N3O4S. The molecule has 0 aliphatic rings. The predicted molar refractivity (Wildman–Crippen MR) is 133 cm³/mol. The van der Waals surface area contributed by atoms with Crippen LogP contribution in [0.2, 0.25) is 0 Å². The molecule has 0 fully saturated rings. The number of amides is 2. The Morgan fingerprint density at radius 2 is 1.82 bits per heavy atom. The molecule has 2 aromatic heterocycles. The second-order valence-corrected chi connectivity index (χ2v) is 8.76. The summed E-state index contributed by atoms with van der Waals surface area (Å²) in [5.74, 6) is -1.74. The van der Waals surface area contributed by atoms with Gasteiger partial charge in [-0.25, -0.2) is 9.78 Å². The molecule has 34 heavy (non-hydrogen) atoms. The number of pyridine rings is 1. The largest absolute Gasteiger partial charge is 0.462 e. The summed E-state index contributed by atoms with van der Waals surface area (Å²) in [6, 6.07) is 16.9. The maximum absolute atomic E-state index is 13.5. The lowest BCUT2D eigenvalue weighted by atomic mass is 10.0. The minimum absolute atomic E-state index is 0.131. The highest BCUT2D eigenvalue weighted by Gasteiger charge is 2.26. The highest BCUT2D eigenvalue weighted by Crippen LogP contribution is 2.34. The molecule has 3 N–H and O–H groups in total. The van der Waals surface area contributed by atoms with E-state index < -0.39 is 17.8 Å². The van der Waals surface area contributed by atoms with E-state index in [2.05, 4.69) is 5.32 Å². The van der Waals surface area contributed by atoms with Gasteiger partial charge in [-0.2, -0.15) is 0 Å². The molecule has 7 nitrogen and oxygen atoms in total. The minimum Gasteiger partial charge on any atom is -0.462 e. The maximum atomic E-state index is 13.5. The lowest BCUT2D eigenvalue weighted by molar-refractivity contribution is 0.0527. The molecule has 0 atom stereocenters. The third-order valence-electron chi connectivity index (χ3n) is 5.35. The van der Waals surface area contributed by atoms with Gasteiger partial charge >= 0.3 is 5.97 Å². The fourth-order valence-corrected chi connectivity index (χ4v) is 4.81. The van der Waals surface area contributed by atoms with Crippen LogP contribution in [0.3, 0.4) is 0 Å². The number of nitrogens with two attached hydrogens (primary N) is 1. The number of rotatable bonds is 6. The molecule has 2 aromatic carbocycles. The van der Waals surface area contributed by atoms with E-state index in [0.29, 0.717) is 27.7 Å². The van der Waals surface area contributed by atoms with Crippen LogP contribution in [0.5, 0.6) is 0 Å². The number of anilines is 1. The van der Waals surface area contributed by atoms with E-state index in [4.69, 9.17) is 15.5 Å².